The highest BCUT2D eigenvalue weighted by atomic mass is 79.9. The van der Waals surface area contributed by atoms with E-state index in [1.165, 1.54) is 5.56 Å². The molecule has 0 aliphatic rings. The van der Waals surface area contributed by atoms with Crippen LogP contribution in [0.1, 0.15) is 26.3 Å². The van der Waals surface area contributed by atoms with Crippen molar-refractivity contribution < 1.29 is 0 Å². The van der Waals surface area contributed by atoms with Gasteiger partial charge in [0.05, 0.1) is 10.5 Å². The number of halogens is 2. The number of pyridine rings is 1. The molecule has 0 aliphatic carbocycles. The fourth-order valence-electron chi connectivity index (χ4n) is 1.60. The fourth-order valence-corrected chi connectivity index (χ4v) is 2.18. The molecule has 0 fully saturated rings. The van der Waals surface area contributed by atoms with Gasteiger partial charge in [0, 0.05) is 5.39 Å². The Morgan fingerprint density at radius 1 is 1.19 bits per heavy atom. The normalized spacial score (nSPS) is 12.1. The van der Waals surface area contributed by atoms with Gasteiger partial charge in [-0.15, -0.1) is 0 Å². The SMILES string of the molecule is CC(C)(C)c1cc(Cl)c2nc(Br)ccc2c1. The zero-order valence-corrected chi connectivity index (χ0v) is 11.9. The molecule has 3 heteroatoms. The minimum atomic E-state index is 0.102. The summed E-state index contributed by atoms with van der Waals surface area (Å²) in [6.45, 7) is 6.53. The first kappa shape index (κ1) is 11.9. The molecule has 0 atom stereocenters. The van der Waals surface area contributed by atoms with Gasteiger partial charge in [-0.3, -0.25) is 0 Å². The Balaban J connectivity index is 2.74. The summed E-state index contributed by atoms with van der Waals surface area (Å²) in [6, 6.07) is 8.13. The summed E-state index contributed by atoms with van der Waals surface area (Å²) in [7, 11) is 0. The first-order valence-corrected chi connectivity index (χ1v) is 6.31. The second-order valence-corrected chi connectivity index (χ2v) is 6.13. The number of nitrogens with zero attached hydrogens (tertiary/aromatic N) is 1. The highest BCUT2D eigenvalue weighted by Gasteiger charge is 2.16. The molecule has 1 heterocycles. The number of fused-ring (bicyclic) bond motifs is 1. The van der Waals surface area contributed by atoms with Gasteiger partial charge in [-0.25, -0.2) is 4.98 Å². The maximum atomic E-state index is 6.26. The van der Waals surface area contributed by atoms with Crippen LogP contribution in [-0.2, 0) is 5.41 Å². The summed E-state index contributed by atoms with van der Waals surface area (Å²) in [5, 5.41) is 1.80. The molecular weight excluding hydrogens is 286 g/mol. The standard InChI is InChI=1S/C13H13BrClN/c1-13(2,3)9-6-8-4-5-11(14)16-12(8)10(15)7-9/h4-7H,1-3H3. The minimum Gasteiger partial charge on any atom is -0.239 e. The third-order valence-electron chi connectivity index (χ3n) is 2.58. The zero-order valence-electron chi connectivity index (χ0n) is 9.51. The Bertz CT molecular complexity index is 543. The topological polar surface area (TPSA) is 12.9 Å². The number of hydrogen-bond acceptors (Lipinski definition) is 1. The summed E-state index contributed by atoms with van der Waals surface area (Å²) >= 11 is 9.61. The van der Waals surface area contributed by atoms with E-state index in [1.54, 1.807) is 0 Å². The van der Waals surface area contributed by atoms with E-state index in [1.807, 2.05) is 18.2 Å². The van der Waals surface area contributed by atoms with Crippen LogP contribution in [0.4, 0.5) is 0 Å². The molecule has 1 nitrogen and oxygen atoms in total. The van der Waals surface area contributed by atoms with Crippen molar-refractivity contribution in [3.63, 3.8) is 0 Å². The zero-order chi connectivity index (χ0) is 11.9. The van der Waals surface area contributed by atoms with Crippen LogP contribution >= 0.6 is 27.5 Å². The molecule has 2 rings (SSSR count). The highest BCUT2D eigenvalue weighted by Crippen LogP contribution is 2.31. The maximum Gasteiger partial charge on any atom is 0.106 e. The van der Waals surface area contributed by atoms with Crippen molar-refractivity contribution in [3.8, 4) is 0 Å². The first-order valence-electron chi connectivity index (χ1n) is 5.14. The van der Waals surface area contributed by atoms with Gasteiger partial charge in [-0.1, -0.05) is 38.4 Å². The summed E-state index contributed by atoms with van der Waals surface area (Å²) < 4.78 is 0.811. The van der Waals surface area contributed by atoms with Crippen molar-refractivity contribution in [3.05, 3.63) is 39.5 Å². The quantitative estimate of drug-likeness (QED) is 0.627. The molecular formula is C13H13BrClN. The third kappa shape index (κ3) is 2.23. The van der Waals surface area contributed by atoms with Crippen molar-refractivity contribution in [2.75, 3.05) is 0 Å². The molecule has 2 aromatic rings. The molecule has 16 heavy (non-hydrogen) atoms. The van der Waals surface area contributed by atoms with E-state index in [-0.39, 0.29) is 5.41 Å². The average Bonchev–Trinajstić information content (AvgIpc) is 2.17. The van der Waals surface area contributed by atoms with Gasteiger partial charge in [0.1, 0.15) is 4.60 Å². The van der Waals surface area contributed by atoms with Crippen molar-refractivity contribution in [1.82, 2.24) is 4.98 Å². The first-order chi connectivity index (χ1) is 7.38. The fraction of sp³-hybridized carbons (Fsp3) is 0.308. The Kier molecular flexibility index (Phi) is 2.97. The molecule has 84 valence electrons. The summed E-state index contributed by atoms with van der Waals surface area (Å²) in [4.78, 5) is 4.38. The summed E-state index contributed by atoms with van der Waals surface area (Å²) in [5.41, 5.74) is 2.18. The Morgan fingerprint density at radius 3 is 2.50 bits per heavy atom. The van der Waals surface area contributed by atoms with Crippen LogP contribution in [-0.4, -0.2) is 4.98 Å². The third-order valence-corrected chi connectivity index (χ3v) is 3.31. The van der Waals surface area contributed by atoms with Crippen LogP contribution in [0.5, 0.6) is 0 Å². The second kappa shape index (κ2) is 4.01. The Morgan fingerprint density at radius 2 is 1.88 bits per heavy atom. The van der Waals surface area contributed by atoms with E-state index in [2.05, 4.69) is 47.8 Å². The molecule has 0 spiro atoms. The average molecular weight is 299 g/mol. The molecule has 0 saturated carbocycles. The molecule has 0 radical (unpaired) electrons. The van der Waals surface area contributed by atoms with Gasteiger partial charge in [-0.05, 0) is 45.1 Å². The van der Waals surface area contributed by atoms with E-state index < -0.39 is 0 Å². The van der Waals surface area contributed by atoms with Crippen LogP contribution in [0.15, 0.2) is 28.9 Å². The lowest BCUT2D eigenvalue weighted by Gasteiger charge is -2.20. The van der Waals surface area contributed by atoms with Crippen molar-refractivity contribution >= 4 is 38.4 Å². The second-order valence-electron chi connectivity index (χ2n) is 4.91. The van der Waals surface area contributed by atoms with E-state index >= 15 is 0 Å². The van der Waals surface area contributed by atoms with Crippen molar-refractivity contribution in [2.45, 2.75) is 26.2 Å². The molecule has 0 N–H and O–H groups in total. The van der Waals surface area contributed by atoms with Crippen molar-refractivity contribution in [2.24, 2.45) is 0 Å². The van der Waals surface area contributed by atoms with Gasteiger partial charge < -0.3 is 0 Å². The van der Waals surface area contributed by atoms with Crippen LogP contribution < -0.4 is 0 Å². The number of benzene rings is 1. The van der Waals surface area contributed by atoms with E-state index in [9.17, 15) is 0 Å². The minimum absolute atomic E-state index is 0.102. The smallest absolute Gasteiger partial charge is 0.106 e. The molecule has 1 aromatic heterocycles. The maximum absolute atomic E-state index is 6.26. The Hall–Kier alpha value is -0.600. The predicted molar refractivity (Wildman–Crippen MR) is 73.2 cm³/mol. The lowest BCUT2D eigenvalue weighted by molar-refractivity contribution is 0.591. The van der Waals surface area contributed by atoms with Gasteiger partial charge in [0.15, 0.2) is 0 Å². The Labute approximate surface area is 109 Å². The van der Waals surface area contributed by atoms with Gasteiger partial charge >= 0.3 is 0 Å². The van der Waals surface area contributed by atoms with Gasteiger partial charge in [0.25, 0.3) is 0 Å². The van der Waals surface area contributed by atoms with Crippen LogP contribution in [0.2, 0.25) is 5.02 Å². The number of hydrogen-bond donors (Lipinski definition) is 0. The summed E-state index contributed by atoms with van der Waals surface area (Å²) in [6.07, 6.45) is 0. The number of rotatable bonds is 0. The molecule has 0 aliphatic heterocycles. The molecule has 1 aromatic carbocycles. The van der Waals surface area contributed by atoms with Crippen LogP contribution in [0.3, 0.4) is 0 Å². The number of aromatic nitrogens is 1. The molecule has 0 saturated heterocycles. The van der Waals surface area contributed by atoms with Gasteiger partial charge in [-0.2, -0.15) is 0 Å². The lowest BCUT2D eigenvalue weighted by atomic mass is 9.86. The van der Waals surface area contributed by atoms with Crippen LogP contribution in [0.25, 0.3) is 10.9 Å². The summed E-state index contributed by atoms with van der Waals surface area (Å²) in [5.74, 6) is 0. The molecule has 0 amide bonds. The van der Waals surface area contributed by atoms with Crippen molar-refractivity contribution in [1.29, 1.82) is 0 Å². The molecule has 0 bridgehead atoms. The lowest BCUT2D eigenvalue weighted by Crippen LogP contribution is -2.10. The molecule has 0 unspecified atom stereocenters. The van der Waals surface area contributed by atoms with E-state index in [0.717, 1.165) is 15.5 Å². The predicted octanol–water partition coefficient (Wildman–Crippen LogP) is 4.95. The van der Waals surface area contributed by atoms with E-state index in [0.29, 0.717) is 5.02 Å². The monoisotopic (exact) mass is 297 g/mol. The highest BCUT2D eigenvalue weighted by molar-refractivity contribution is 9.10. The van der Waals surface area contributed by atoms with E-state index in [4.69, 9.17) is 11.6 Å². The van der Waals surface area contributed by atoms with Gasteiger partial charge in [0.2, 0.25) is 0 Å². The largest absolute Gasteiger partial charge is 0.239 e. The van der Waals surface area contributed by atoms with Crippen LogP contribution in [0, 0.1) is 0 Å².